The second kappa shape index (κ2) is 6.18. The van der Waals surface area contributed by atoms with Gasteiger partial charge in [-0.1, -0.05) is 15.9 Å². The summed E-state index contributed by atoms with van der Waals surface area (Å²) in [4.78, 5) is 12.2. The third kappa shape index (κ3) is 3.87. The molecule has 1 aromatic carbocycles. The zero-order valence-electron chi connectivity index (χ0n) is 8.75. The Kier molecular flexibility index (Phi) is 5.19. The third-order valence-corrected chi connectivity index (χ3v) is 3.40. The summed E-state index contributed by atoms with van der Waals surface area (Å²) in [7, 11) is 1.42. The monoisotopic (exact) mass is 288 g/mol. The minimum atomic E-state index is -0.165. The largest absolute Gasteiger partial charge is 0.469 e. The van der Waals surface area contributed by atoms with E-state index in [9.17, 15) is 4.79 Å². The zero-order chi connectivity index (χ0) is 11.3. The Bertz CT molecular complexity index is 352. The fraction of sp³-hybridized carbons (Fsp3) is 0.364. The maximum Gasteiger partial charge on any atom is 0.305 e. The molecule has 0 N–H and O–H groups in total. The molecule has 0 bridgehead atoms. The number of thioether (sulfide) groups is 1. The summed E-state index contributed by atoms with van der Waals surface area (Å²) in [5, 5.41) is 0. The molecule has 0 saturated heterocycles. The number of benzene rings is 1. The lowest BCUT2D eigenvalue weighted by molar-refractivity contribution is -0.140. The molecule has 0 aliphatic heterocycles. The first kappa shape index (κ1) is 12.6. The van der Waals surface area contributed by atoms with Crippen molar-refractivity contribution in [2.75, 3.05) is 13.4 Å². The van der Waals surface area contributed by atoms with Crippen molar-refractivity contribution in [2.24, 2.45) is 0 Å². The van der Waals surface area contributed by atoms with Gasteiger partial charge in [0.15, 0.2) is 0 Å². The average molecular weight is 289 g/mol. The minimum absolute atomic E-state index is 0.165. The number of rotatable bonds is 4. The molecule has 0 radical (unpaired) electrons. The van der Waals surface area contributed by atoms with Crippen LogP contribution >= 0.6 is 27.7 Å². The van der Waals surface area contributed by atoms with Crippen molar-refractivity contribution in [1.82, 2.24) is 0 Å². The van der Waals surface area contributed by atoms with E-state index in [2.05, 4.69) is 32.8 Å². The van der Waals surface area contributed by atoms with E-state index in [1.54, 1.807) is 11.8 Å². The van der Waals surface area contributed by atoms with E-state index < -0.39 is 0 Å². The van der Waals surface area contributed by atoms with Gasteiger partial charge in [-0.05, 0) is 36.4 Å². The zero-order valence-corrected chi connectivity index (χ0v) is 11.2. The molecule has 0 aliphatic rings. The molecule has 2 nitrogen and oxygen atoms in total. The van der Waals surface area contributed by atoms with E-state index >= 15 is 0 Å². The van der Waals surface area contributed by atoms with Crippen LogP contribution in [0.4, 0.5) is 0 Å². The topological polar surface area (TPSA) is 26.3 Å². The molecule has 0 spiro atoms. The molecule has 0 aliphatic carbocycles. The van der Waals surface area contributed by atoms with Gasteiger partial charge in [-0.3, -0.25) is 4.79 Å². The van der Waals surface area contributed by atoms with E-state index in [0.29, 0.717) is 6.42 Å². The van der Waals surface area contributed by atoms with Crippen molar-refractivity contribution in [2.45, 2.75) is 17.7 Å². The highest BCUT2D eigenvalue weighted by molar-refractivity contribution is 9.10. The van der Waals surface area contributed by atoms with Crippen molar-refractivity contribution in [1.29, 1.82) is 0 Å². The molecule has 4 heteroatoms. The van der Waals surface area contributed by atoms with Crippen molar-refractivity contribution in [3.63, 3.8) is 0 Å². The number of hydrogen-bond acceptors (Lipinski definition) is 3. The number of halogens is 1. The van der Waals surface area contributed by atoms with Crippen LogP contribution in [0.2, 0.25) is 0 Å². The summed E-state index contributed by atoms with van der Waals surface area (Å²) in [6.07, 6.45) is 3.19. The summed E-state index contributed by atoms with van der Waals surface area (Å²) >= 11 is 5.11. The average Bonchev–Trinajstić information content (AvgIpc) is 2.26. The SMILES string of the molecule is COC(=O)CCc1cc(Br)ccc1SC. The van der Waals surface area contributed by atoms with Gasteiger partial charge in [0.05, 0.1) is 7.11 Å². The smallest absolute Gasteiger partial charge is 0.305 e. The molecule has 82 valence electrons. The van der Waals surface area contributed by atoms with E-state index in [4.69, 9.17) is 0 Å². The fourth-order valence-corrected chi connectivity index (χ4v) is 2.32. The lowest BCUT2D eigenvalue weighted by Crippen LogP contribution is -2.02. The molecule has 0 amide bonds. The van der Waals surface area contributed by atoms with Crippen molar-refractivity contribution in [3.05, 3.63) is 28.2 Å². The summed E-state index contributed by atoms with van der Waals surface area (Å²) < 4.78 is 5.66. The normalized spacial score (nSPS) is 10.1. The highest BCUT2D eigenvalue weighted by atomic mass is 79.9. The van der Waals surface area contributed by atoms with Crippen molar-refractivity contribution < 1.29 is 9.53 Å². The molecule has 0 atom stereocenters. The van der Waals surface area contributed by atoms with Gasteiger partial charge in [0, 0.05) is 15.8 Å². The Balaban J connectivity index is 2.74. The summed E-state index contributed by atoms with van der Waals surface area (Å²) in [5.74, 6) is -0.165. The first-order valence-electron chi connectivity index (χ1n) is 4.56. The lowest BCUT2D eigenvalue weighted by atomic mass is 10.1. The van der Waals surface area contributed by atoms with Crippen LogP contribution in [0.15, 0.2) is 27.6 Å². The van der Waals surface area contributed by atoms with Crippen LogP contribution in [0.3, 0.4) is 0 Å². The number of hydrogen-bond donors (Lipinski definition) is 0. The second-order valence-corrected chi connectivity index (χ2v) is 4.80. The van der Waals surface area contributed by atoms with Crippen LogP contribution in [0.1, 0.15) is 12.0 Å². The Hall–Kier alpha value is -0.480. The molecule has 0 heterocycles. The number of methoxy groups -OCH3 is 1. The Morgan fingerprint density at radius 1 is 1.53 bits per heavy atom. The molecule has 0 saturated carbocycles. The highest BCUT2D eigenvalue weighted by Crippen LogP contribution is 2.25. The standard InChI is InChI=1S/C11H13BrO2S/c1-14-11(13)6-3-8-7-9(12)4-5-10(8)15-2/h4-5,7H,3,6H2,1-2H3. The van der Waals surface area contributed by atoms with Gasteiger partial charge in [-0.2, -0.15) is 0 Å². The van der Waals surface area contributed by atoms with Gasteiger partial charge >= 0.3 is 5.97 Å². The van der Waals surface area contributed by atoms with E-state index in [0.717, 1.165) is 10.9 Å². The van der Waals surface area contributed by atoms with Gasteiger partial charge in [0.1, 0.15) is 0 Å². The maximum atomic E-state index is 11.0. The molecule has 0 fully saturated rings. The third-order valence-electron chi connectivity index (χ3n) is 2.07. The molecule has 0 aromatic heterocycles. The quantitative estimate of drug-likeness (QED) is 0.628. The van der Waals surface area contributed by atoms with Crippen LogP contribution in [-0.4, -0.2) is 19.3 Å². The van der Waals surface area contributed by atoms with Gasteiger partial charge in [-0.25, -0.2) is 0 Å². The van der Waals surface area contributed by atoms with E-state index in [-0.39, 0.29) is 5.97 Å². The number of carbonyl (C=O) groups is 1. The number of esters is 1. The Morgan fingerprint density at radius 3 is 2.87 bits per heavy atom. The first-order chi connectivity index (χ1) is 7.17. The Labute approximate surface area is 103 Å². The van der Waals surface area contributed by atoms with Gasteiger partial charge < -0.3 is 4.74 Å². The highest BCUT2D eigenvalue weighted by Gasteiger charge is 2.06. The van der Waals surface area contributed by atoms with Crippen molar-refractivity contribution in [3.8, 4) is 0 Å². The van der Waals surface area contributed by atoms with Gasteiger partial charge in [0.2, 0.25) is 0 Å². The molecular formula is C11H13BrO2S. The number of ether oxygens (including phenoxy) is 1. The summed E-state index contributed by atoms with van der Waals surface area (Å²) in [6, 6.07) is 6.11. The summed E-state index contributed by atoms with van der Waals surface area (Å²) in [5.41, 5.74) is 1.18. The van der Waals surface area contributed by atoms with Crippen LogP contribution in [0.5, 0.6) is 0 Å². The molecular weight excluding hydrogens is 276 g/mol. The molecule has 15 heavy (non-hydrogen) atoms. The number of carbonyl (C=O) groups excluding carboxylic acids is 1. The van der Waals surface area contributed by atoms with Crippen LogP contribution in [0, 0.1) is 0 Å². The molecule has 0 unspecified atom stereocenters. The number of aryl methyl sites for hydroxylation is 1. The van der Waals surface area contributed by atoms with E-state index in [1.807, 2.05) is 12.3 Å². The first-order valence-corrected chi connectivity index (χ1v) is 6.58. The lowest BCUT2D eigenvalue weighted by Gasteiger charge is -2.07. The minimum Gasteiger partial charge on any atom is -0.469 e. The van der Waals surface area contributed by atoms with Gasteiger partial charge in [-0.15, -0.1) is 11.8 Å². The Morgan fingerprint density at radius 2 is 2.27 bits per heavy atom. The predicted octanol–water partition coefficient (Wildman–Crippen LogP) is 3.28. The molecule has 1 aromatic rings. The van der Waals surface area contributed by atoms with Crippen LogP contribution in [0.25, 0.3) is 0 Å². The fourth-order valence-electron chi connectivity index (χ4n) is 1.28. The van der Waals surface area contributed by atoms with Crippen LogP contribution < -0.4 is 0 Å². The van der Waals surface area contributed by atoms with Gasteiger partial charge in [0.25, 0.3) is 0 Å². The van der Waals surface area contributed by atoms with Crippen LogP contribution in [-0.2, 0) is 16.0 Å². The van der Waals surface area contributed by atoms with Crippen molar-refractivity contribution >= 4 is 33.7 Å². The summed E-state index contributed by atoms with van der Waals surface area (Å²) in [6.45, 7) is 0. The van der Waals surface area contributed by atoms with E-state index in [1.165, 1.54) is 17.6 Å². The maximum absolute atomic E-state index is 11.0. The molecule has 1 rings (SSSR count). The second-order valence-electron chi connectivity index (χ2n) is 3.03. The predicted molar refractivity (Wildman–Crippen MR) is 66.3 cm³/mol.